The van der Waals surface area contributed by atoms with Crippen molar-refractivity contribution in [2.24, 2.45) is 0 Å². The average molecular weight is 303 g/mol. The molecule has 0 aliphatic rings. The molecular formula is C14H14ClF3N2. The number of nitrogens with zero attached hydrogens (tertiary/aromatic N) is 2. The van der Waals surface area contributed by atoms with Gasteiger partial charge < -0.3 is 4.57 Å². The number of imidazole rings is 1. The van der Waals surface area contributed by atoms with Crippen molar-refractivity contribution < 1.29 is 13.2 Å². The minimum atomic E-state index is -4.35. The molecule has 0 spiro atoms. The van der Waals surface area contributed by atoms with Gasteiger partial charge in [-0.1, -0.05) is 12.1 Å². The molecule has 0 bridgehead atoms. The highest BCUT2D eigenvalue weighted by atomic mass is 35.5. The molecule has 2 nitrogen and oxygen atoms in total. The molecule has 0 atom stereocenters. The van der Waals surface area contributed by atoms with Crippen molar-refractivity contribution in [2.45, 2.75) is 32.4 Å². The first-order chi connectivity index (χ1) is 9.38. The van der Waals surface area contributed by atoms with Crippen LogP contribution in [0.4, 0.5) is 13.2 Å². The molecule has 0 aliphatic carbocycles. The third kappa shape index (κ3) is 2.68. The van der Waals surface area contributed by atoms with Gasteiger partial charge in [0, 0.05) is 12.1 Å². The van der Waals surface area contributed by atoms with Gasteiger partial charge in [-0.15, -0.1) is 11.6 Å². The fraction of sp³-hybridized carbons (Fsp3) is 0.357. The second-order valence-corrected chi connectivity index (χ2v) is 4.69. The van der Waals surface area contributed by atoms with Gasteiger partial charge in [0.05, 0.1) is 22.8 Å². The molecule has 0 saturated heterocycles. The highest BCUT2D eigenvalue weighted by Gasteiger charge is 2.30. The predicted octanol–water partition coefficient (Wildman–Crippen LogP) is 4.64. The first-order valence-corrected chi connectivity index (χ1v) is 6.71. The van der Waals surface area contributed by atoms with Gasteiger partial charge in [0.15, 0.2) is 0 Å². The highest BCUT2D eigenvalue weighted by molar-refractivity contribution is 6.16. The maximum atomic E-state index is 12.8. The van der Waals surface area contributed by atoms with Crippen molar-refractivity contribution >= 4 is 11.6 Å². The van der Waals surface area contributed by atoms with Crippen LogP contribution in [0.2, 0.25) is 0 Å². The molecule has 0 amide bonds. The largest absolute Gasteiger partial charge is 0.416 e. The number of hydrogen-bond acceptors (Lipinski definition) is 1. The quantitative estimate of drug-likeness (QED) is 0.756. The Labute approximate surface area is 120 Å². The topological polar surface area (TPSA) is 17.8 Å². The molecule has 0 N–H and O–H groups in total. The van der Waals surface area contributed by atoms with Gasteiger partial charge in [-0.2, -0.15) is 13.2 Å². The van der Waals surface area contributed by atoms with Gasteiger partial charge in [0.2, 0.25) is 0 Å². The minimum absolute atomic E-state index is 0.230. The molecule has 0 saturated carbocycles. The molecule has 0 radical (unpaired) electrons. The lowest BCUT2D eigenvalue weighted by molar-refractivity contribution is -0.137. The van der Waals surface area contributed by atoms with E-state index < -0.39 is 11.7 Å². The molecule has 1 heterocycles. The van der Waals surface area contributed by atoms with Crippen molar-refractivity contribution in [3.8, 4) is 11.3 Å². The third-order valence-electron chi connectivity index (χ3n) is 3.12. The second-order valence-electron chi connectivity index (χ2n) is 4.42. The van der Waals surface area contributed by atoms with Gasteiger partial charge in [0.1, 0.15) is 5.82 Å². The van der Waals surface area contributed by atoms with E-state index in [1.807, 2.05) is 11.5 Å². The number of benzene rings is 1. The van der Waals surface area contributed by atoms with Crippen LogP contribution in [-0.2, 0) is 18.6 Å². The van der Waals surface area contributed by atoms with Crippen molar-refractivity contribution in [1.29, 1.82) is 0 Å². The van der Waals surface area contributed by atoms with E-state index in [1.54, 1.807) is 13.0 Å². The third-order valence-corrected chi connectivity index (χ3v) is 3.36. The normalized spacial score (nSPS) is 11.9. The Morgan fingerprint density at radius 3 is 2.55 bits per heavy atom. The summed E-state index contributed by atoms with van der Waals surface area (Å²) in [6, 6.07) is 5.27. The average Bonchev–Trinajstić information content (AvgIpc) is 2.73. The summed E-state index contributed by atoms with van der Waals surface area (Å²) < 4.78 is 40.2. The van der Waals surface area contributed by atoms with Gasteiger partial charge in [-0.25, -0.2) is 4.98 Å². The molecule has 20 heavy (non-hydrogen) atoms. The molecule has 6 heteroatoms. The Bertz CT molecular complexity index is 617. The molecular weight excluding hydrogens is 289 g/mol. The Balaban J connectivity index is 2.60. The van der Waals surface area contributed by atoms with Crippen LogP contribution in [0.5, 0.6) is 0 Å². The fourth-order valence-electron chi connectivity index (χ4n) is 2.28. The van der Waals surface area contributed by atoms with Crippen LogP contribution in [0.1, 0.15) is 24.0 Å². The summed E-state index contributed by atoms with van der Waals surface area (Å²) >= 11 is 5.82. The molecule has 2 rings (SSSR count). The molecule has 0 aliphatic heterocycles. The number of aryl methyl sites for hydroxylation is 1. The van der Waals surface area contributed by atoms with Gasteiger partial charge in [0.25, 0.3) is 0 Å². The van der Waals surface area contributed by atoms with Crippen LogP contribution in [0.15, 0.2) is 24.3 Å². The van der Waals surface area contributed by atoms with Gasteiger partial charge in [-0.3, -0.25) is 0 Å². The van der Waals surface area contributed by atoms with Crippen LogP contribution in [0.25, 0.3) is 11.3 Å². The fourth-order valence-corrected chi connectivity index (χ4v) is 2.49. The summed E-state index contributed by atoms with van der Waals surface area (Å²) in [6.45, 7) is 4.29. The Morgan fingerprint density at radius 2 is 2.00 bits per heavy atom. The first kappa shape index (κ1) is 14.9. The highest BCUT2D eigenvalue weighted by Crippen LogP contribution is 2.33. The zero-order valence-electron chi connectivity index (χ0n) is 11.1. The first-order valence-electron chi connectivity index (χ1n) is 6.18. The van der Waals surface area contributed by atoms with E-state index in [-0.39, 0.29) is 5.88 Å². The van der Waals surface area contributed by atoms with Crippen LogP contribution in [-0.4, -0.2) is 9.55 Å². The molecule has 108 valence electrons. The summed E-state index contributed by atoms with van der Waals surface area (Å²) in [4.78, 5) is 4.32. The summed E-state index contributed by atoms with van der Waals surface area (Å²) in [6.07, 6.45) is -4.35. The lowest BCUT2D eigenvalue weighted by Gasteiger charge is -2.12. The zero-order chi connectivity index (χ0) is 14.9. The number of hydrogen-bond donors (Lipinski definition) is 0. The van der Waals surface area contributed by atoms with Crippen molar-refractivity contribution in [1.82, 2.24) is 9.55 Å². The molecule has 1 aromatic heterocycles. The SMILES string of the molecule is CCn1c(CCl)nc(C)c1-c1cccc(C(F)(F)F)c1. The van der Waals surface area contributed by atoms with E-state index in [0.717, 1.165) is 12.1 Å². The lowest BCUT2D eigenvalue weighted by Crippen LogP contribution is -2.06. The molecule has 0 unspecified atom stereocenters. The van der Waals surface area contributed by atoms with Crippen molar-refractivity contribution in [3.63, 3.8) is 0 Å². The Hall–Kier alpha value is -1.49. The zero-order valence-corrected chi connectivity index (χ0v) is 11.9. The monoisotopic (exact) mass is 302 g/mol. The maximum Gasteiger partial charge on any atom is 0.416 e. The summed E-state index contributed by atoms with van der Waals surface area (Å²) in [5.41, 5.74) is 1.21. The second kappa shape index (κ2) is 5.48. The number of alkyl halides is 4. The minimum Gasteiger partial charge on any atom is -0.327 e. The van der Waals surface area contributed by atoms with E-state index in [4.69, 9.17) is 11.6 Å². The standard InChI is InChI=1S/C14H14ClF3N2/c1-3-20-12(8-15)19-9(2)13(20)10-5-4-6-11(7-10)14(16,17)18/h4-7H,3,8H2,1-2H3. The van der Waals surface area contributed by atoms with E-state index in [2.05, 4.69) is 4.98 Å². The summed E-state index contributed by atoms with van der Waals surface area (Å²) in [5.74, 6) is 0.896. The molecule has 2 aromatic rings. The molecule has 0 fully saturated rings. The number of rotatable bonds is 3. The van der Waals surface area contributed by atoms with Crippen molar-refractivity contribution in [2.75, 3.05) is 0 Å². The lowest BCUT2D eigenvalue weighted by atomic mass is 10.1. The predicted molar refractivity (Wildman–Crippen MR) is 72.6 cm³/mol. The Kier molecular flexibility index (Phi) is 4.09. The van der Waals surface area contributed by atoms with E-state index in [1.165, 1.54) is 6.07 Å². The maximum absolute atomic E-state index is 12.8. The van der Waals surface area contributed by atoms with E-state index in [0.29, 0.717) is 29.3 Å². The van der Waals surface area contributed by atoms with Crippen LogP contribution < -0.4 is 0 Å². The van der Waals surface area contributed by atoms with Gasteiger partial charge in [-0.05, 0) is 26.0 Å². The summed E-state index contributed by atoms with van der Waals surface area (Å²) in [7, 11) is 0. The van der Waals surface area contributed by atoms with E-state index in [9.17, 15) is 13.2 Å². The number of aromatic nitrogens is 2. The summed E-state index contributed by atoms with van der Waals surface area (Å²) in [5, 5.41) is 0. The van der Waals surface area contributed by atoms with Crippen LogP contribution >= 0.6 is 11.6 Å². The molecule has 1 aromatic carbocycles. The van der Waals surface area contributed by atoms with Crippen LogP contribution in [0.3, 0.4) is 0 Å². The van der Waals surface area contributed by atoms with Gasteiger partial charge >= 0.3 is 6.18 Å². The number of halogens is 4. The van der Waals surface area contributed by atoms with Crippen molar-refractivity contribution in [3.05, 3.63) is 41.3 Å². The van der Waals surface area contributed by atoms with Crippen LogP contribution in [0, 0.1) is 6.92 Å². The Morgan fingerprint density at radius 1 is 1.30 bits per heavy atom. The smallest absolute Gasteiger partial charge is 0.327 e. The van der Waals surface area contributed by atoms with E-state index >= 15 is 0 Å².